The highest BCUT2D eigenvalue weighted by Crippen LogP contribution is 2.42. The second-order valence-corrected chi connectivity index (χ2v) is 5.40. The summed E-state index contributed by atoms with van der Waals surface area (Å²) in [4.78, 5) is 0. The molecule has 0 fully saturated rings. The number of phenols is 1. The maximum atomic E-state index is 9.74. The summed E-state index contributed by atoms with van der Waals surface area (Å²) < 4.78 is 2.68. The summed E-state index contributed by atoms with van der Waals surface area (Å²) in [5.74, 6) is 0.330. The lowest BCUT2D eigenvalue weighted by Gasteiger charge is -2.01. The van der Waals surface area contributed by atoms with Crippen LogP contribution in [-0.2, 0) is 0 Å². The van der Waals surface area contributed by atoms with Gasteiger partial charge in [-0.3, -0.25) is 0 Å². The topological polar surface area (TPSA) is 20.2 Å². The monoisotopic (exact) mass is 320 g/mol. The number of rotatable bonds is 0. The molecule has 1 heterocycles. The van der Waals surface area contributed by atoms with Crippen molar-refractivity contribution in [2.24, 2.45) is 0 Å². The van der Waals surface area contributed by atoms with Gasteiger partial charge in [-0.05, 0) is 39.9 Å². The van der Waals surface area contributed by atoms with Gasteiger partial charge in [0.15, 0.2) is 0 Å². The van der Waals surface area contributed by atoms with Gasteiger partial charge in [0.25, 0.3) is 0 Å². The molecule has 1 aromatic heterocycles. The second-order valence-electron chi connectivity index (χ2n) is 2.81. The van der Waals surface area contributed by atoms with Crippen LogP contribution in [0.1, 0.15) is 5.56 Å². The molecule has 0 aliphatic carbocycles. The summed E-state index contributed by atoms with van der Waals surface area (Å²) in [7, 11) is 0. The van der Waals surface area contributed by atoms with Crippen LogP contribution in [0.15, 0.2) is 20.4 Å². The molecule has 0 spiro atoms. The van der Waals surface area contributed by atoms with E-state index in [1.807, 2.05) is 18.4 Å². The van der Waals surface area contributed by atoms with Crippen molar-refractivity contribution < 1.29 is 5.11 Å². The average molecular weight is 322 g/mol. The predicted molar refractivity (Wildman–Crippen MR) is 63.6 cm³/mol. The Bertz CT molecular complexity index is 476. The molecule has 0 atom stereocenters. The van der Waals surface area contributed by atoms with Crippen LogP contribution in [0.25, 0.3) is 10.1 Å². The Morgan fingerprint density at radius 2 is 2.00 bits per heavy atom. The normalized spacial score (nSPS) is 11.0. The molecule has 68 valence electrons. The van der Waals surface area contributed by atoms with Gasteiger partial charge in [0, 0.05) is 9.86 Å². The molecule has 1 nitrogen and oxygen atoms in total. The SMILES string of the molecule is Cc1csc2c(O)c(Br)cc(Br)c12. The van der Waals surface area contributed by atoms with E-state index in [-0.39, 0.29) is 0 Å². The number of fused-ring (bicyclic) bond motifs is 1. The van der Waals surface area contributed by atoms with Crippen molar-refractivity contribution in [2.45, 2.75) is 6.92 Å². The first-order chi connectivity index (χ1) is 6.11. The molecular formula is C9H6Br2OS. The number of halogens is 2. The van der Waals surface area contributed by atoms with E-state index in [9.17, 15) is 5.11 Å². The van der Waals surface area contributed by atoms with Gasteiger partial charge in [0.1, 0.15) is 5.75 Å². The Labute approximate surface area is 96.6 Å². The highest BCUT2D eigenvalue weighted by Gasteiger charge is 2.11. The average Bonchev–Trinajstić information content (AvgIpc) is 2.44. The van der Waals surface area contributed by atoms with E-state index in [1.165, 1.54) is 5.56 Å². The molecule has 2 rings (SSSR count). The van der Waals surface area contributed by atoms with Crippen LogP contribution in [0.5, 0.6) is 5.75 Å². The first-order valence-electron chi connectivity index (χ1n) is 3.66. The van der Waals surface area contributed by atoms with Crippen molar-refractivity contribution in [3.63, 3.8) is 0 Å². The van der Waals surface area contributed by atoms with E-state index in [0.29, 0.717) is 5.75 Å². The van der Waals surface area contributed by atoms with Crippen LogP contribution < -0.4 is 0 Å². The minimum Gasteiger partial charge on any atom is -0.505 e. The van der Waals surface area contributed by atoms with Crippen LogP contribution in [0.2, 0.25) is 0 Å². The van der Waals surface area contributed by atoms with Crippen molar-refractivity contribution >= 4 is 53.3 Å². The van der Waals surface area contributed by atoms with Crippen LogP contribution in [0, 0.1) is 6.92 Å². The number of thiophene rings is 1. The summed E-state index contributed by atoms with van der Waals surface area (Å²) in [6.45, 7) is 2.04. The molecule has 13 heavy (non-hydrogen) atoms. The maximum Gasteiger partial charge on any atom is 0.147 e. The first kappa shape index (κ1) is 9.49. The minimum absolute atomic E-state index is 0.330. The molecular weight excluding hydrogens is 316 g/mol. The van der Waals surface area contributed by atoms with Gasteiger partial charge in [-0.25, -0.2) is 0 Å². The van der Waals surface area contributed by atoms with Crippen LogP contribution >= 0.6 is 43.2 Å². The summed E-state index contributed by atoms with van der Waals surface area (Å²) in [6, 6.07) is 1.87. The number of hydrogen-bond donors (Lipinski definition) is 1. The van der Waals surface area contributed by atoms with Gasteiger partial charge in [-0.1, -0.05) is 15.9 Å². The van der Waals surface area contributed by atoms with Crippen molar-refractivity contribution in [2.75, 3.05) is 0 Å². The number of phenolic OH excluding ortho intramolecular Hbond substituents is 1. The van der Waals surface area contributed by atoms with E-state index in [0.717, 1.165) is 19.0 Å². The van der Waals surface area contributed by atoms with Crippen LogP contribution in [-0.4, -0.2) is 5.11 Å². The van der Waals surface area contributed by atoms with E-state index < -0.39 is 0 Å². The zero-order valence-electron chi connectivity index (χ0n) is 6.77. The zero-order chi connectivity index (χ0) is 9.59. The van der Waals surface area contributed by atoms with Crippen LogP contribution in [0.4, 0.5) is 0 Å². The van der Waals surface area contributed by atoms with Gasteiger partial charge in [-0.15, -0.1) is 11.3 Å². The first-order valence-corrected chi connectivity index (χ1v) is 6.12. The molecule has 4 heteroatoms. The van der Waals surface area contributed by atoms with Gasteiger partial charge in [-0.2, -0.15) is 0 Å². The summed E-state index contributed by atoms with van der Waals surface area (Å²) in [5, 5.41) is 12.9. The molecule has 0 amide bonds. The second kappa shape index (κ2) is 3.26. The quantitative estimate of drug-likeness (QED) is 0.760. The van der Waals surface area contributed by atoms with Gasteiger partial charge < -0.3 is 5.11 Å². The third-order valence-corrected chi connectivity index (χ3v) is 4.24. The number of hydrogen-bond acceptors (Lipinski definition) is 2. The van der Waals surface area contributed by atoms with Crippen molar-refractivity contribution in [3.8, 4) is 5.75 Å². The summed E-state index contributed by atoms with van der Waals surface area (Å²) in [6.07, 6.45) is 0. The number of benzene rings is 1. The summed E-state index contributed by atoms with van der Waals surface area (Å²) >= 11 is 8.34. The Hall–Kier alpha value is -0.0600. The standard InChI is InChI=1S/C9H6Br2OS/c1-4-3-13-9-7(4)5(10)2-6(11)8(9)12/h2-3,12H,1H3. The van der Waals surface area contributed by atoms with E-state index in [4.69, 9.17) is 0 Å². The fourth-order valence-corrected chi connectivity index (χ4v) is 4.04. The molecule has 2 aromatic rings. The molecule has 0 unspecified atom stereocenters. The number of aromatic hydroxyl groups is 1. The van der Waals surface area contributed by atoms with Crippen molar-refractivity contribution in [3.05, 3.63) is 26.0 Å². The highest BCUT2D eigenvalue weighted by atomic mass is 79.9. The van der Waals surface area contributed by atoms with Gasteiger partial charge in [0.05, 0.1) is 9.17 Å². The lowest BCUT2D eigenvalue weighted by atomic mass is 10.2. The highest BCUT2D eigenvalue weighted by molar-refractivity contribution is 9.11. The van der Waals surface area contributed by atoms with Gasteiger partial charge in [0.2, 0.25) is 0 Å². The molecule has 0 saturated carbocycles. The van der Waals surface area contributed by atoms with Gasteiger partial charge >= 0.3 is 0 Å². The van der Waals surface area contributed by atoms with Crippen molar-refractivity contribution in [1.29, 1.82) is 0 Å². The van der Waals surface area contributed by atoms with Crippen LogP contribution in [0.3, 0.4) is 0 Å². The molecule has 0 aliphatic rings. The largest absolute Gasteiger partial charge is 0.505 e. The molecule has 1 aromatic carbocycles. The minimum atomic E-state index is 0.330. The molecule has 1 N–H and O–H groups in total. The Morgan fingerprint density at radius 3 is 2.69 bits per heavy atom. The fourth-order valence-electron chi connectivity index (χ4n) is 1.28. The lowest BCUT2D eigenvalue weighted by Crippen LogP contribution is -1.74. The third-order valence-electron chi connectivity index (χ3n) is 1.91. The Kier molecular flexibility index (Phi) is 2.38. The zero-order valence-corrected chi connectivity index (χ0v) is 10.8. The van der Waals surface area contributed by atoms with Crippen molar-refractivity contribution in [1.82, 2.24) is 0 Å². The molecule has 0 saturated heterocycles. The maximum absolute atomic E-state index is 9.74. The molecule has 0 aliphatic heterocycles. The predicted octanol–water partition coefficient (Wildman–Crippen LogP) is 4.44. The Balaban J connectivity index is 2.99. The fraction of sp³-hybridized carbons (Fsp3) is 0.111. The van der Waals surface area contributed by atoms with E-state index >= 15 is 0 Å². The lowest BCUT2D eigenvalue weighted by molar-refractivity contribution is 0.479. The smallest absolute Gasteiger partial charge is 0.147 e. The molecule has 0 bridgehead atoms. The van der Waals surface area contributed by atoms with E-state index in [2.05, 4.69) is 31.9 Å². The molecule has 0 radical (unpaired) electrons. The number of aryl methyl sites for hydroxylation is 1. The van der Waals surface area contributed by atoms with E-state index in [1.54, 1.807) is 11.3 Å². The third kappa shape index (κ3) is 1.41. The summed E-state index contributed by atoms with van der Waals surface area (Å²) in [5.41, 5.74) is 1.19. The Morgan fingerprint density at radius 1 is 1.31 bits per heavy atom.